The summed E-state index contributed by atoms with van der Waals surface area (Å²) < 4.78 is 7.20. The molecule has 0 aliphatic heterocycles. The number of rotatable bonds is 9. The van der Waals surface area contributed by atoms with Gasteiger partial charge in [-0.3, -0.25) is 4.79 Å². The summed E-state index contributed by atoms with van der Waals surface area (Å²) in [7, 11) is 1.68. The van der Waals surface area contributed by atoms with Gasteiger partial charge in [0.2, 0.25) is 0 Å². The summed E-state index contributed by atoms with van der Waals surface area (Å²) in [5.41, 5.74) is 2.46. The van der Waals surface area contributed by atoms with Crippen LogP contribution in [0.2, 0.25) is 5.02 Å². The number of H-pyrrole nitrogens is 1. The quantitative estimate of drug-likeness (QED) is 0.223. The zero-order valence-electron chi connectivity index (χ0n) is 16.5. The molecule has 0 bridgehead atoms. The van der Waals surface area contributed by atoms with Gasteiger partial charge in [-0.2, -0.15) is 0 Å². The van der Waals surface area contributed by atoms with E-state index in [-0.39, 0.29) is 11.5 Å². The van der Waals surface area contributed by atoms with Crippen molar-refractivity contribution in [2.24, 2.45) is 0 Å². The number of hydrogen-bond donors (Lipinski definition) is 1. The predicted molar refractivity (Wildman–Crippen MR) is 120 cm³/mol. The lowest BCUT2D eigenvalue weighted by Gasteiger charge is -2.10. The molecule has 2 heterocycles. The van der Waals surface area contributed by atoms with E-state index in [0.717, 1.165) is 22.9 Å². The molecule has 154 valence electrons. The molecule has 2 aromatic carbocycles. The molecule has 1 N–H and O–H groups in total. The summed E-state index contributed by atoms with van der Waals surface area (Å²) in [5.74, 6) is 1.01. The number of nitrogens with one attached hydrogen (secondary N) is 1. The van der Waals surface area contributed by atoms with Gasteiger partial charge < -0.3 is 14.3 Å². The Balaban J connectivity index is 1.57. The van der Waals surface area contributed by atoms with Gasteiger partial charge in [0, 0.05) is 48.5 Å². The van der Waals surface area contributed by atoms with Gasteiger partial charge in [-0.25, -0.2) is 0 Å². The van der Waals surface area contributed by atoms with Gasteiger partial charge in [0.25, 0.3) is 0 Å². The standard InChI is InChI=1S/C22H21ClN4O2S/c1-29-12-6-11-27-21(16-8-2-4-9-18(16)23)25-26-22(27)30-14-20(28)17-13-24-19-10-5-3-7-15(17)19/h2-5,7-10,13,24H,6,11-12,14H2,1H3. The van der Waals surface area contributed by atoms with Crippen LogP contribution < -0.4 is 0 Å². The Morgan fingerprint density at radius 3 is 2.80 bits per heavy atom. The maximum atomic E-state index is 12.9. The Hall–Kier alpha value is -2.61. The van der Waals surface area contributed by atoms with Crippen LogP contribution in [0.3, 0.4) is 0 Å². The van der Waals surface area contributed by atoms with Crippen molar-refractivity contribution in [3.8, 4) is 11.4 Å². The summed E-state index contributed by atoms with van der Waals surface area (Å²) in [6.07, 6.45) is 2.57. The Morgan fingerprint density at radius 1 is 1.17 bits per heavy atom. The van der Waals surface area contributed by atoms with Crippen molar-refractivity contribution in [3.05, 3.63) is 65.3 Å². The van der Waals surface area contributed by atoms with Gasteiger partial charge in [-0.15, -0.1) is 10.2 Å². The smallest absolute Gasteiger partial charge is 0.191 e. The van der Waals surface area contributed by atoms with Crippen molar-refractivity contribution < 1.29 is 9.53 Å². The number of ether oxygens (including phenoxy) is 1. The number of nitrogens with zero attached hydrogens (tertiary/aromatic N) is 3. The van der Waals surface area contributed by atoms with Crippen LogP contribution in [0.5, 0.6) is 0 Å². The first-order chi connectivity index (χ1) is 14.7. The number of fused-ring (bicyclic) bond motifs is 1. The van der Waals surface area contributed by atoms with Crippen LogP contribution >= 0.6 is 23.4 Å². The zero-order valence-corrected chi connectivity index (χ0v) is 18.0. The van der Waals surface area contributed by atoms with E-state index in [2.05, 4.69) is 15.2 Å². The maximum Gasteiger partial charge on any atom is 0.191 e. The maximum absolute atomic E-state index is 12.9. The normalized spacial score (nSPS) is 11.3. The van der Waals surface area contributed by atoms with Gasteiger partial charge in [-0.05, 0) is 24.6 Å². The second-order valence-corrected chi connectivity index (χ2v) is 8.09. The van der Waals surface area contributed by atoms with E-state index in [1.165, 1.54) is 11.8 Å². The molecule has 4 aromatic rings. The monoisotopic (exact) mass is 440 g/mol. The highest BCUT2D eigenvalue weighted by Crippen LogP contribution is 2.30. The van der Waals surface area contributed by atoms with Gasteiger partial charge in [0.15, 0.2) is 16.8 Å². The molecule has 0 atom stereocenters. The summed E-state index contributed by atoms with van der Waals surface area (Å²) in [4.78, 5) is 16.0. The van der Waals surface area contributed by atoms with E-state index in [1.54, 1.807) is 13.3 Å². The Kier molecular flexibility index (Phi) is 6.52. The fraction of sp³-hybridized carbons (Fsp3) is 0.227. The molecule has 0 radical (unpaired) electrons. The number of hydrogen-bond acceptors (Lipinski definition) is 5. The second-order valence-electron chi connectivity index (χ2n) is 6.74. The number of ketones is 1. The largest absolute Gasteiger partial charge is 0.385 e. The molecule has 0 amide bonds. The van der Waals surface area contributed by atoms with Crippen LogP contribution in [0.4, 0.5) is 0 Å². The third-order valence-corrected chi connectivity index (χ3v) is 6.08. The minimum Gasteiger partial charge on any atom is -0.385 e. The number of para-hydroxylation sites is 1. The molecule has 2 aromatic heterocycles. The van der Waals surface area contributed by atoms with Crippen LogP contribution in [0.25, 0.3) is 22.3 Å². The van der Waals surface area contributed by atoms with Crippen LogP contribution in [0.15, 0.2) is 59.9 Å². The molecule has 0 unspecified atom stereocenters. The highest BCUT2D eigenvalue weighted by Gasteiger charge is 2.19. The molecular formula is C22H21ClN4O2S. The number of thioether (sulfide) groups is 1. The molecule has 0 aliphatic carbocycles. The molecule has 4 rings (SSSR count). The highest BCUT2D eigenvalue weighted by molar-refractivity contribution is 7.99. The Labute approximate surface area is 183 Å². The molecule has 8 heteroatoms. The number of carbonyl (C=O) groups is 1. The molecule has 0 saturated heterocycles. The van der Waals surface area contributed by atoms with E-state index >= 15 is 0 Å². The number of aromatic amines is 1. The number of aromatic nitrogens is 4. The number of carbonyl (C=O) groups excluding carboxylic acids is 1. The van der Waals surface area contributed by atoms with E-state index in [9.17, 15) is 4.79 Å². The van der Waals surface area contributed by atoms with E-state index in [1.807, 2.05) is 53.1 Å². The minimum absolute atomic E-state index is 0.0446. The first-order valence-corrected chi connectivity index (χ1v) is 10.9. The second kappa shape index (κ2) is 9.47. The van der Waals surface area contributed by atoms with E-state index in [0.29, 0.717) is 34.7 Å². The lowest BCUT2D eigenvalue weighted by atomic mass is 10.1. The van der Waals surface area contributed by atoms with Crippen LogP contribution in [0, 0.1) is 0 Å². The third-order valence-electron chi connectivity index (χ3n) is 4.78. The predicted octanol–water partition coefficient (Wildman–Crippen LogP) is 5.09. The Bertz CT molecular complexity index is 1170. The van der Waals surface area contributed by atoms with E-state index in [4.69, 9.17) is 16.3 Å². The van der Waals surface area contributed by atoms with Crippen molar-refractivity contribution in [2.75, 3.05) is 19.5 Å². The lowest BCUT2D eigenvalue weighted by molar-refractivity contribution is 0.102. The summed E-state index contributed by atoms with van der Waals surface area (Å²) in [6, 6.07) is 15.3. The topological polar surface area (TPSA) is 72.8 Å². The number of methoxy groups -OCH3 is 1. The van der Waals surface area contributed by atoms with Crippen molar-refractivity contribution in [2.45, 2.75) is 18.1 Å². The summed E-state index contributed by atoms with van der Waals surface area (Å²) in [5, 5.41) is 10.9. The van der Waals surface area contributed by atoms with Crippen molar-refractivity contribution in [1.82, 2.24) is 19.7 Å². The van der Waals surface area contributed by atoms with Gasteiger partial charge in [0.1, 0.15) is 0 Å². The average molecular weight is 441 g/mol. The fourth-order valence-electron chi connectivity index (χ4n) is 3.32. The summed E-state index contributed by atoms with van der Waals surface area (Å²) in [6.45, 7) is 1.30. The molecule has 0 fully saturated rings. The minimum atomic E-state index is 0.0446. The van der Waals surface area contributed by atoms with Crippen LogP contribution in [0.1, 0.15) is 16.8 Å². The molecule has 6 nitrogen and oxygen atoms in total. The van der Waals surface area contributed by atoms with Crippen molar-refractivity contribution in [1.29, 1.82) is 0 Å². The van der Waals surface area contributed by atoms with Gasteiger partial charge in [0.05, 0.1) is 10.8 Å². The van der Waals surface area contributed by atoms with Crippen LogP contribution in [-0.4, -0.2) is 45.0 Å². The first-order valence-electron chi connectivity index (χ1n) is 9.58. The third kappa shape index (κ3) is 4.28. The molecule has 0 saturated carbocycles. The van der Waals surface area contributed by atoms with E-state index < -0.39 is 0 Å². The fourth-order valence-corrected chi connectivity index (χ4v) is 4.38. The van der Waals surface area contributed by atoms with Gasteiger partial charge in [-0.1, -0.05) is 53.7 Å². The first kappa shape index (κ1) is 20.7. The number of Topliss-reactive ketones (excluding diaryl/α,β-unsaturated/α-hetero) is 1. The van der Waals surface area contributed by atoms with Crippen molar-refractivity contribution >= 4 is 40.0 Å². The zero-order chi connectivity index (χ0) is 20.9. The molecule has 0 aliphatic rings. The lowest BCUT2D eigenvalue weighted by Crippen LogP contribution is -2.07. The molecule has 30 heavy (non-hydrogen) atoms. The summed E-state index contributed by atoms with van der Waals surface area (Å²) >= 11 is 7.77. The Morgan fingerprint density at radius 2 is 1.97 bits per heavy atom. The molecular weight excluding hydrogens is 420 g/mol. The van der Waals surface area contributed by atoms with Crippen LogP contribution in [-0.2, 0) is 11.3 Å². The number of benzene rings is 2. The molecule has 0 spiro atoms. The van der Waals surface area contributed by atoms with Gasteiger partial charge >= 0.3 is 0 Å². The number of halogens is 1. The highest BCUT2D eigenvalue weighted by atomic mass is 35.5. The SMILES string of the molecule is COCCCn1c(SCC(=O)c2c[nH]c3ccccc23)nnc1-c1ccccc1Cl. The van der Waals surface area contributed by atoms with Crippen molar-refractivity contribution in [3.63, 3.8) is 0 Å². The average Bonchev–Trinajstić information content (AvgIpc) is 3.37.